The third-order valence-corrected chi connectivity index (χ3v) is 4.42. The van der Waals surface area contributed by atoms with Gasteiger partial charge in [0.05, 0.1) is 5.25 Å². The summed E-state index contributed by atoms with van der Waals surface area (Å²) in [7, 11) is 0. The van der Waals surface area contributed by atoms with E-state index in [1.807, 2.05) is 24.3 Å². The Balaban J connectivity index is 2.08. The van der Waals surface area contributed by atoms with Crippen molar-refractivity contribution in [2.75, 3.05) is 5.32 Å². The molecule has 0 aliphatic carbocycles. The highest BCUT2D eigenvalue weighted by molar-refractivity contribution is 8.00. The van der Waals surface area contributed by atoms with Crippen LogP contribution in [0.2, 0.25) is 0 Å². The van der Waals surface area contributed by atoms with E-state index in [4.69, 9.17) is 0 Å². The van der Waals surface area contributed by atoms with Crippen LogP contribution in [0.5, 0.6) is 0 Å². The SMILES string of the molecule is CC(Sc1cccc[n+]1[O-])C(=O)Nc1ccccc1C(C)C. The number of amides is 1. The lowest BCUT2D eigenvalue weighted by atomic mass is 10.0. The maximum Gasteiger partial charge on any atom is 0.252 e. The number of rotatable bonds is 5. The van der Waals surface area contributed by atoms with E-state index in [0.717, 1.165) is 16.0 Å². The molecule has 0 aliphatic rings. The van der Waals surface area contributed by atoms with Crippen molar-refractivity contribution >= 4 is 23.4 Å². The number of benzene rings is 1. The fourth-order valence-corrected chi connectivity index (χ4v) is 2.94. The molecule has 1 atom stereocenters. The summed E-state index contributed by atoms with van der Waals surface area (Å²) in [6, 6.07) is 13.0. The third-order valence-electron chi connectivity index (χ3n) is 3.30. The van der Waals surface area contributed by atoms with Gasteiger partial charge in [-0.05, 0) is 42.3 Å². The van der Waals surface area contributed by atoms with Gasteiger partial charge in [-0.3, -0.25) is 4.79 Å². The molecule has 1 aromatic heterocycles. The summed E-state index contributed by atoms with van der Waals surface area (Å²) in [6.07, 6.45) is 1.43. The van der Waals surface area contributed by atoms with Gasteiger partial charge in [0, 0.05) is 17.8 Å². The van der Waals surface area contributed by atoms with Gasteiger partial charge >= 0.3 is 0 Å². The Morgan fingerprint density at radius 1 is 1.14 bits per heavy atom. The number of thioether (sulfide) groups is 1. The molecule has 2 aromatic rings. The van der Waals surface area contributed by atoms with Crippen molar-refractivity contribution in [2.45, 2.75) is 37.0 Å². The molecule has 1 heterocycles. The lowest BCUT2D eigenvalue weighted by Crippen LogP contribution is -2.30. The smallest absolute Gasteiger partial charge is 0.252 e. The molecular weight excluding hydrogens is 296 g/mol. The van der Waals surface area contributed by atoms with Gasteiger partial charge in [0.2, 0.25) is 5.91 Å². The van der Waals surface area contributed by atoms with Gasteiger partial charge < -0.3 is 10.5 Å². The number of nitrogens with one attached hydrogen (secondary N) is 1. The highest BCUT2D eigenvalue weighted by Gasteiger charge is 2.19. The molecule has 0 bridgehead atoms. The van der Waals surface area contributed by atoms with Crippen molar-refractivity contribution in [3.63, 3.8) is 0 Å². The van der Waals surface area contributed by atoms with Gasteiger partial charge in [-0.15, -0.1) is 0 Å². The molecule has 0 spiro atoms. The number of hydrogen-bond donors (Lipinski definition) is 1. The molecule has 1 N–H and O–H groups in total. The summed E-state index contributed by atoms with van der Waals surface area (Å²) in [4.78, 5) is 12.4. The van der Waals surface area contributed by atoms with E-state index in [9.17, 15) is 10.0 Å². The van der Waals surface area contributed by atoms with E-state index >= 15 is 0 Å². The molecular formula is C17H20N2O2S. The number of para-hydroxylation sites is 1. The Bertz CT molecular complexity index is 659. The Morgan fingerprint density at radius 2 is 1.82 bits per heavy atom. The van der Waals surface area contributed by atoms with Gasteiger partial charge in [0.25, 0.3) is 5.03 Å². The molecule has 0 fully saturated rings. The number of nitrogens with zero attached hydrogens (tertiary/aromatic N) is 1. The Labute approximate surface area is 135 Å². The number of pyridine rings is 1. The van der Waals surface area contributed by atoms with Crippen molar-refractivity contribution in [1.82, 2.24) is 0 Å². The van der Waals surface area contributed by atoms with Crippen LogP contribution in [-0.2, 0) is 4.79 Å². The van der Waals surface area contributed by atoms with Crippen LogP contribution in [0.1, 0.15) is 32.3 Å². The monoisotopic (exact) mass is 316 g/mol. The van der Waals surface area contributed by atoms with Crippen LogP contribution >= 0.6 is 11.8 Å². The number of anilines is 1. The van der Waals surface area contributed by atoms with E-state index in [1.165, 1.54) is 18.0 Å². The van der Waals surface area contributed by atoms with Gasteiger partial charge in [0.1, 0.15) is 0 Å². The molecule has 5 heteroatoms. The van der Waals surface area contributed by atoms with Gasteiger partial charge in [-0.1, -0.05) is 32.0 Å². The fraction of sp³-hybridized carbons (Fsp3) is 0.294. The van der Waals surface area contributed by atoms with Gasteiger partial charge in [-0.2, -0.15) is 4.73 Å². The summed E-state index contributed by atoms with van der Waals surface area (Å²) in [6.45, 7) is 5.98. The van der Waals surface area contributed by atoms with Crippen molar-refractivity contribution < 1.29 is 9.52 Å². The topological polar surface area (TPSA) is 56.0 Å². The van der Waals surface area contributed by atoms with Crippen molar-refractivity contribution in [3.8, 4) is 0 Å². The summed E-state index contributed by atoms with van der Waals surface area (Å²) < 4.78 is 0.774. The summed E-state index contributed by atoms with van der Waals surface area (Å²) in [5.74, 6) is 0.222. The van der Waals surface area contributed by atoms with Crippen LogP contribution in [0, 0.1) is 5.21 Å². The van der Waals surface area contributed by atoms with E-state index in [0.29, 0.717) is 10.9 Å². The molecule has 1 aromatic carbocycles. The zero-order valence-corrected chi connectivity index (χ0v) is 13.8. The first-order chi connectivity index (χ1) is 10.5. The third kappa shape index (κ3) is 4.01. The quantitative estimate of drug-likeness (QED) is 0.521. The van der Waals surface area contributed by atoms with E-state index in [-0.39, 0.29) is 11.2 Å². The number of carbonyl (C=O) groups is 1. The van der Waals surface area contributed by atoms with Crippen LogP contribution in [0.15, 0.2) is 53.7 Å². The number of hydrogen-bond acceptors (Lipinski definition) is 3. The second kappa shape index (κ2) is 7.31. The number of aromatic nitrogens is 1. The highest BCUT2D eigenvalue weighted by atomic mass is 32.2. The number of carbonyl (C=O) groups excluding carboxylic acids is 1. The summed E-state index contributed by atoms with van der Waals surface area (Å²) in [5.41, 5.74) is 1.93. The second-order valence-corrected chi connectivity index (χ2v) is 6.72. The van der Waals surface area contributed by atoms with Crippen LogP contribution in [-0.4, -0.2) is 11.2 Å². The first-order valence-corrected chi connectivity index (χ1v) is 8.11. The molecule has 116 valence electrons. The van der Waals surface area contributed by atoms with Crippen LogP contribution in [0.4, 0.5) is 5.69 Å². The molecule has 0 saturated heterocycles. The minimum Gasteiger partial charge on any atom is -0.618 e. The van der Waals surface area contributed by atoms with E-state index < -0.39 is 0 Å². The molecule has 0 saturated carbocycles. The van der Waals surface area contributed by atoms with Crippen LogP contribution < -0.4 is 10.0 Å². The zero-order chi connectivity index (χ0) is 16.1. The first-order valence-electron chi connectivity index (χ1n) is 7.23. The normalized spacial score (nSPS) is 12.2. The van der Waals surface area contributed by atoms with E-state index in [2.05, 4.69) is 19.2 Å². The zero-order valence-electron chi connectivity index (χ0n) is 12.9. The van der Waals surface area contributed by atoms with Crippen LogP contribution in [0.3, 0.4) is 0 Å². The molecule has 4 nitrogen and oxygen atoms in total. The largest absolute Gasteiger partial charge is 0.618 e. The fourth-order valence-electron chi connectivity index (χ4n) is 2.09. The molecule has 22 heavy (non-hydrogen) atoms. The minimum atomic E-state index is -0.359. The molecule has 1 unspecified atom stereocenters. The standard InChI is InChI=1S/C17H20N2O2S/c1-12(2)14-8-4-5-9-15(14)18-17(20)13(3)22-16-10-6-7-11-19(16)21/h4-13H,1-3H3,(H,18,20). The average Bonchev–Trinajstić information content (AvgIpc) is 2.49. The summed E-state index contributed by atoms with van der Waals surface area (Å²) in [5, 5.41) is 14.8. The predicted octanol–water partition coefficient (Wildman–Crippen LogP) is 3.56. The van der Waals surface area contributed by atoms with E-state index in [1.54, 1.807) is 25.1 Å². The Morgan fingerprint density at radius 3 is 2.50 bits per heavy atom. The molecule has 0 radical (unpaired) electrons. The average molecular weight is 316 g/mol. The van der Waals surface area contributed by atoms with Crippen molar-refractivity contribution in [3.05, 3.63) is 59.4 Å². The van der Waals surface area contributed by atoms with Gasteiger partial charge in [0.15, 0.2) is 6.20 Å². The molecule has 0 aliphatic heterocycles. The lowest BCUT2D eigenvalue weighted by Gasteiger charge is -2.16. The second-order valence-electron chi connectivity index (χ2n) is 5.36. The molecule has 1 amide bonds. The highest BCUT2D eigenvalue weighted by Crippen LogP contribution is 2.26. The summed E-state index contributed by atoms with van der Waals surface area (Å²) >= 11 is 1.25. The first kappa shape index (κ1) is 16.4. The van der Waals surface area contributed by atoms with Gasteiger partial charge in [-0.25, -0.2) is 0 Å². The van der Waals surface area contributed by atoms with Crippen LogP contribution in [0.25, 0.3) is 0 Å². The maximum atomic E-state index is 12.4. The minimum absolute atomic E-state index is 0.109. The predicted molar refractivity (Wildman–Crippen MR) is 89.9 cm³/mol. The Kier molecular flexibility index (Phi) is 5.44. The van der Waals surface area contributed by atoms with Crippen molar-refractivity contribution in [2.24, 2.45) is 0 Å². The lowest BCUT2D eigenvalue weighted by molar-refractivity contribution is -0.645. The van der Waals surface area contributed by atoms with Crippen molar-refractivity contribution in [1.29, 1.82) is 0 Å². The molecule has 2 rings (SSSR count). The Hall–Kier alpha value is -2.01. The maximum absolute atomic E-state index is 12.4.